The molecule has 7 nitrogen and oxygen atoms in total. The number of benzene rings is 1. The summed E-state index contributed by atoms with van der Waals surface area (Å²) in [4.78, 5) is 5.60. The minimum Gasteiger partial charge on any atom is -0.493 e. The van der Waals surface area contributed by atoms with Crippen LogP contribution in [0.15, 0.2) is 18.2 Å². The fraction of sp³-hybridized carbons (Fsp3) is 0.667. The van der Waals surface area contributed by atoms with Gasteiger partial charge in [0, 0.05) is 18.7 Å². The number of sulfonamides is 1. The number of nitrogens with zero attached hydrogens (tertiary/aromatic N) is 1. The van der Waals surface area contributed by atoms with Crippen LogP contribution in [0.5, 0.6) is 11.5 Å². The van der Waals surface area contributed by atoms with Crippen molar-refractivity contribution in [1.29, 1.82) is 0 Å². The largest absolute Gasteiger partial charge is 0.493 e. The molecule has 0 aromatic heterocycles. The summed E-state index contributed by atoms with van der Waals surface area (Å²) < 4.78 is 40.0. The lowest BCUT2D eigenvalue weighted by atomic mass is 9.96. The van der Waals surface area contributed by atoms with E-state index in [1.165, 1.54) is 6.42 Å². The monoisotopic (exact) mass is 384 g/mol. The highest BCUT2D eigenvalue weighted by molar-refractivity contribution is 7.90. The fourth-order valence-corrected chi connectivity index (χ4v) is 5.71. The number of hydrogen-bond donors (Lipinski definition) is 1. The van der Waals surface area contributed by atoms with Crippen molar-refractivity contribution in [3.63, 3.8) is 0 Å². The number of hydrogen-bond acceptors (Lipinski definition) is 6. The summed E-state index contributed by atoms with van der Waals surface area (Å²) in [6.45, 7) is 0.115. The quantitative estimate of drug-likeness (QED) is 0.811. The van der Waals surface area contributed by atoms with E-state index in [1.54, 1.807) is 32.4 Å². The van der Waals surface area contributed by atoms with E-state index in [2.05, 4.69) is 4.72 Å². The predicted molar refractivity (Wildman–Crippen MR) is 98.7 cm³/mol. The van der Waals surface area contributed by atoms with Gasteiger partial charge in [0.2, 0.25) is 10.0 Å². The molecule has 8 heteroatoms. The van der Waals surface area contributed by atoms with Gasteiger partial charge in [0.1, 0.15) is 5.25 Å². The first-order valence-electron chi connectivity index (χ1n) is 9.05. The first kappa shape index (κ1) is 19.4. The Kier molecular flexibility index (Phi) is 6.06. The molecule has 1 aliphatic carbocycles. The normalized spacial score (nSPS) is 25.3. The summed E-state index contributed by atoms with van der Waals surface area (Å²) in [5, 5.41) is 0.887. The van der Waals surface area contributed by atoms with Crippen molar-refractivity contribution in [3.05, 3.63) is 23.8 Å². The Hall–Kier alpha value is -1.35. The van der Waals surface area contributed by atoms with E-state index in [9.17, 15) is 8.42 Å². The second-order valence-electron chi connectivity index (χ2n) is 6.91. The maximum Gasteiger partial charge on any atom is 0.219 e. The molecule has 1 aromatic carbocycles. The SMILES string of the molecule is COc1cccc([C@H]2[C@@H](S(=O)(=O)NC3CCCCC3)CON2C)c1OC. The van der Waals surface area contributed by atoms with Crippen LogP contribution in [-0.4, -0.2) is 52.6 Å². The molecule has 2 aliphatic rings. The number of para-hydroxylation sites is 1. The maximum absolute atomic E-state index is 13.1. The molecule has 0 bridgehead atoms. The molecule has 2 atom stereocenters. The Balaban J connectivity index is 1.90. The summed E-state index contributed by atoms with van der Waals surface area (Å²) in [5.41, 5.74) is 0.742. The first-order chi connectivity index (χ1) is 12.5. The lowest BCUT2D eigenvalue weighted by Crippen LogP contribution is -2.44. The van der Waals surface area contributed by atoms with Gasteiger partial charge in [0.05, 0.1) is 26.9 Å². The van der Waals surface area contributed by atoms with Crippen molar-refractivity contribution in [1.82, 2.24) is 9.79 Å². The Morgan fingerprint density at radius 2 is 1.88 bits per heavy atom. The second kappa shape index (κ2) is 8.12. The van der Waals surface area contributed by atoms with E-state index in [1.807, 2.05) is 12.1 Å². The number of hydroxylamine groups is 2. The maximum atomic E-state index is 13.1. The van der Waals surface area contributed by atoms with Crippen LogP contribution in [-0.2, 0) is 14.9 Å². The predicted octanol–water partition coefficient (Wildman–Crippen LogP) is 2.24. The molecule has 146 valence electrons. The van der Waals surface area contributed by atoms with E-state index < -0.39 is 21.3 Å². The van der Waals surface area contributed by atoms with Gasteiger partial charge in [-0.15, -0.1) is 0 Å². The molecule has 1 aromatic rings. The van der Waals surface area contributed by atoms with Crippen molar-refractivity contribution in [2.24, 2.45) is 0 Å². The molecule has 26 heavy (non-hydrogen) atoms. The average Bonchev–Trinajstić information content (AvgIpc) is 3.03. The highest BCUT2D eigenvalue weighted by Crippen LogP contribution is 2.42. The van der Waals surface area contributed by atoms with Crippen LogP contribution in [0.25, 0.3) is 0 Å². The number of nitrogens with one attached hydrogen (secondary N) is 1. The molecular weight excluding hydrogens is 356 g/mol. The van der Waals surface area contributed by atoms with Gasteiger partial charge in [-0.1, -0.05) is 31.4 Å². The standard InChI is InChI=1S/C18H28N2O5S/c1-20-17(14-10-7-11-15(23-2)18(14)24-3)16(12-25-20)26(21,22)19-13-8-5-4-6-9-13/h7,10-11,13,16-17,19H,4-6,8-9,12H2,1-3H3/t16-,17-/m0/s1. The van der Waals surface area contributed by atoms with Crippen LogP contribution >= 0.6 is 0 Å². The van der Waals surface area contributed by atoms with Gasteiger partial charge in [-0.05, 0) is 18.9 Å². The molecule has 1 aliphatic heterocycles. The molecule has 0 radical (unpaired) electrons. The summed E-state index contributed by atoms with van der Waals surface area (Å²) in [7, 11) is 1.32. The third-order valence-corrected chi connectivity index (χ3v) is 7.13. The lowest BCUT2D eigenvalue weighted by Gasteiger charge is -2.28. The van der Waals surface area contributed by atoms with Crippen LogP contribution in [0.1, 0.15) is 43.7 Å². The third-order valence-electron chi connectivity index (χ3n) is 5.27. The zero-order valence-corrected chi connectivity index (χ0v) is 16.4. The van der Waals surface area contributed by atoms with Gasteiger partial charge in [0.25, 0.3) is 0 Å². The smallest absolute Gasteiger partial charge is 0.219 e. The van der Waals surface area contributed by atoms with E-state index in [-0.39, 0.29) is 12.6 Å². The average molecular weight is 384 g/mol. The summed E-state index contributed by atoms with van der Waals surface area (Å²) in [5.74, 6) is 1.11. The van der Waals surface area contributed by atoms with Gasteiger partial charge < -0.3 is 9.47 Å². The molecule has 1 saturated heterocycles. The topological polar surface area (TPSA) is 77.1 Å². The van der Waals surface area contributed by atoms with Crippen LogP contribution in [0.4, 0.5) is 0 Å². The molecule has 1 N–H and O–H groups in total. The highest BCUT2D eigenvalue weighted by atomic mass is 32.2. The molecule has 2 fully saturated rings. The summed E-state index contributed by atoms with van der Waals surface area (Å²) in [6.07, 6.45) is 5.12. The molecule has 0 spiro atoms. The fourth-order valence-electron chi connectivity index (χ4n) is 3.94. The molecule has 0 amide bonds. The molecule has 3 rings (SSSR count). The van der Waals surface area contributed by atoms with Gasteiger partial charge in [-0.2, -0.15) is 5.06 Å². The highest BCUT2D eigenvalue weighted by Gasteiger charge is 2.45. The van der Waals surface area contributed by atoms with Gasteiger partial charge in [0.15, 0.2) is 11.5 Å². The van der Waals surface area contributed by atoms with Gasteiger partial charge in [-0.3, -0.25) is 4.84 Å². The van der Waals surface area contributed by atoms with Crippen LogP contribution in [0.2, 0.25) is 0 Å². The zero-order chi connectivity index (χ0) is 18.7. The van der Waals surface area contributed by atoms with Gasteiger partial charge >= 0.3 is 0 Å². The van der Waals surface area contributed by atoms with Crippen LogP contribution < -0.4 is 14.2 Å². The van der Waals surface area contributed by atoms with Crippen molar-refractivity contribution < 1.29 is 22.7 Å². The second-order valence-corrected chi connectivity index (χ2v) is 8.84. The molecule has 0 unspecified atom stereocenters. The Labute approximate surface area is 155 Å². The molecule has 1 saturated carbocycles. The minimum absolute atomic E-state index is 0.0208. The zero-order valence-electron chi connectivity index (χ0n) is 15.6. The summed E-state index contributed by atoms with van der Waals surface area (Å²) in [6, 6.07) is 5.04. The van der Waals surface area contributed by atoms with Crippen molar-refractivity contribution >= 4 is 10.0 Å². The van der Waals surface area contributed by atoms with E-state index >= 15 is 0 Å². The first-order valence-corrected chi connectivity index (χ1v) is 10.6. The van der Waals surface area contributed by atoms with Crippen molar-refractivity contribution in [2.75, 3.05) is 27.9 Å². The number of rotatable bonds is 6. The van der Waals surface area contributed by atoms with E-state index in [4.69, 9.17) is 14.3 Å². The molecular formula is C18H28N2O5S. The summed E-state index contributed by atoms with van der Waals surface area (Å²) >= 11 is 0. The lowest BCUT2D eigenvalue weighted by molar-refractivity contribution is -0.110. The van der Waals surface area contributed by atoms with Crippen molar-refractivity contribution in [3.8, 4) is 11.5 Å². The Bertz CT molecular complexity index is 718. The third kappa shape index (κ3) is 3.83. The van der Waals surface area contributed by atoms with Crippen LogP contribution in [0, 0.1) is 0 Å². The van der Waals surface area contributed by atoms with Crippen molar-refractivity contribution in [2.45, 2.75) is 49.4 Å². The van der Waals surface area contributed by atoms with Gasteiger partial charge in [-0.25, -0.2) is 13.1 Å². The minimum atomic E-state index is -3.55. The Morgan fingerprint density at radius 1 is 1.15 bits per heavy atom. The number of methoxy groups -OCH3 is 2. The number of ether oxygens (including phenoxy) is 2. The molecule has 1 heterocycles. The van der Waals surface area contributed by atoms with E-state index in [0.717, 1.165) is 31.2 Å². The Morgan fingerprint density at radius 3 is 2.54 bits per heavy atom. The van der Waals surface area contributed by atoms with Crippen LogP contribution in [0.3, 0.4) is 0 Å². The van der Waals surface area contributed by atoms with E-state index in [0.29, 0.717) is 11.5 Å².